The number of aryl methyl sites for hydroxylation is 1. The topological polar surface area (TPSA) is 0 Å². The number of benzene rings is 1. The summed E-state index contributed by atoms with van der Waals surface area (Å²) < 4.78 is 0. The molecule has 0 nitrogen and oxygen atoms in total. The van der Waals surface area contributed by atoms with E-state index in [1.165, 1.54) is 11.1 Å². The van der Waals surface area contributed by atoms with Gasteiger partial charge in [0.25, 0.3) is 0 Å². The van der Waals surface area contributed by atoms with Gasteiger partial charge in [-0.25, -0.2) is 0 Å². The van der Waals surface area contributed by atoms with Crippen LogP contribution in [0.25, 0.3) is 0 Å². The number of rotatable bonds is 2. The summed E-state index contributed by atoms with van der Waals surface area (Å²) in [6, 6.07) is 8.56. The van der Waals surface area contributed by atoms with Crippen LogP contribution in [0.3, 0.4) is 0 Å². The van der Waals surface area contributed by atoms with Crippen LogP contribution in [0, 0.1) is 6.92 Å². The third-order valence-electron chi connectivity index (χ3n) is 2.27. The molecule has 0 heterocycles. The van der Waals surface area contributed by atoms with Gasteiger partial charge in [0.15, 0.2) is 0 Å². The molecule has 0 aromatic heterocycles. The van der Waals surface area contributed by atoms with Crippen molar-refractivity contribution in [2.45, 2.75) is 26.2 Å². The third-order valence-corrected chi connectivity index (χ3v) is 2.27. The van der Waals surface area contributed by atoms with Gasteiger partial charge in [-0.05, 0) is 12.5 Å². The van der Waals surface area contributed by atoms with Crippen LogP contribution >= 0.6 is 0 Å². The Balaban J connectivity index is 3.11. The lowest BCUT2D eigenvalue weighted by Gasteiger charge is -2.20. The van der Waals surface area contributed by atoms with E-state index in [9.17, 15) is 0 Å². The molecule has 0 bridgehead atoms. The molecule has 0 aliphatic heterocycles. The summed E-state index contributed by atoms with van der Waals surface area (Å²) in [5, 5.41) is 0. The fraction of sp³-hybridized carbons (Fsp3) is 0.333. The van der Waals surface area contributed by atoms with Crippen molar-refractivity contribution in [3.05, 3.63) is 48.0 Å². The smallest absolute Gasteiger partial charge is 0.00727 e. The predicted octanol–water partition coefficient (Wildman–Crippen LogP) is 3.46. The predicted molar refractivity (Wildman–Crippen MR) is 54.4 cm³/mol. The highest BCUT2D eigenvalue weighted by atomic mass is 14.2. The Labute approximate surface area is 74.9 Å². The van der Waals surface area contributed by atoms with Gasteiger partial charge in [-0.15, -0.1) is 6.58 Å². The molecule has 64 valence electrons. The molecule has 0 unspecified atom stereocenters. The second kappa shape index (κ2) is 3.14. The Bertz CT molecular complexity index is 282. The molecule has 0 N–H and O–H groups in total. The highest BCUT2D eigenvalue weighted by Crippen LogP contribution is 2.24. The summed E-state index contributed by atoms with van der Waals surface area (Å²) in [4.78, 5) is 0. The second-order valence-corrected chi connectivity index (χ2v) is 3.80. The molecule has 1 aromatic carbocycles. The first-order chi connectivity index (χ1) is 5.56. The normalized spacial score (nSPS) is 11.2. The molecular formula is C12H16. The Hall–Kier alpha value is -1.04. The maximum absolute atomic E-state index is 3.84. The van der Waals surface area contributed by atoms with E-state index >= 15 is 0 Å². The van der Waals surface area contributed by atoms with E-state index in [4.69, 9.17) is 0 Å². The van der Waals surface area contributed by atoms with Crippen molar-refractivity contribution < 1.29 is 0 Å². The molecule has 0 aliphatic carbocycles. The molecule has 0 heteroatoms. The number of hydrogen-bond acceptors (Lipinski definition) is 0. The Morgan fingerprint density at radius 3 is 2.50 bits per heavy atom. The standard InChI is InChI=1S/C12H16/c1-5-12(3,4)11-8-6-7-10(2)9-11/h5-9H,1H2,2-4H3. The average molecular weight is 160 g/mol. The van der Waals surface area contributed by atoms with Crippen molar-refractivity contribution in [2.24, 2.45) is 0 Å². The van der Waals surface area contributed by atoms with Crippen LogP contribution in [0.2, 0.25) is 0 Å². The molecule has 12 heavy (non-hydrogen) atoms. The highest BCUT2D eigenvalue weighted by molar-refractivity contribution is 5.31. The number of hydrogen-bond donors (Lipinski definition) is 0. The van der Waals surface area contributed by atoms with Crippen LogP contribution in [0.4, 0.5) is 0 Å². The SMILES string of the molecule is C=CC(C)(C)c1cccc(C)c1. The molecule has 0 fully saturated rings. The van der Waals surface area contributed by atoms with Gasteiger partial charge in [-0.2, -0.15) is 0 Å². The molecule has 0 saturated heterocycles. The Morgan fingerprint density at radius 2 is 2.00 bits per heavy atom. The zero-order chi connectivity index (χ0) is 9.19. The number of allylic oxidation sites excluding steroid dienone is 1. The Kier molecular flexibility index (Phi) is 2.37. The van der Waals surface area contributed by atoms with Gasteiger partial charge in [0.2, 0.25) is 0 Å². The van der Waals surface area contributed by atoms with E-state index in [0.29, 0.717) is 0 Å². The maximum atomic E-state index is 3.84. The molecule has 1 aromatic rings. The quantitative estimate of drug-likeness (QED) is 0.581. The van der Waals surface area contributed by atoms with Crippen LogP contribution in [0.1, 0.15) is 25.0 Å². The van der Waals surface area contributed by atoms with Gasteiger partial charge in [0.1, 0.15) is 0 Å². The highest BCUT2D eigenvalue weighted by Gasteiger charge is 2.14. The molecule has 0 amide bonds. The van der Waals surface area contributed by atoms with E-state index in [0.717, 1.165) is 0 Å². The molecule has 0 aliphatic rings. The fourth-order valence-corrected chi connectivity index (χ4v) is 1.16. The largest absolute Gasteiger partial charge is 0.102 e. The molecule has 0 spiro atoms. The minimum absolute atomic E-state index is 0.0893. The first kappa shape index (κ1) is 9.05. The summed E-state index contributed by atoms with van der Waals surface area (Å²) in [6.45, 7) is 10.3. The zero-order valence-electron chi connectivity index (χ0n) is 8.09. The summed E-state index contributed by atoms with van der Waals surface area (Å²) in [5.41, 5.74) is 2.73. The van der Waals surface area contributed by atoms with Crippen molar-refractivity contribution >= 4 is 0 Å². The molecular weight excluding hydrogens is 144 g/mol. The minimum atomic E-state index is 0.0893. The van der Waals surface area contributed by atoms with Crippen LogP contribution < -0.4 is 0 Å². The van der Waals surface area contributed by atoms with Crippen molar-refractivity contribution in [2.75, 3.05) is 0 Å². The average Bonchev–Trinajstić information content (AvgIpc) is 2.05. The van der Waals surface area contributed by atoms with Gasteiger partial charge in [-0.3, -0.25) is 0 Å². The van der Waals surface area contributed by atoms with E-state index in [1.807, 2.05) is 6.08 Å². The van der Waals surface area contributed by atoms with E-state index < -0.39 is 0 Å². The lowest BCUT2D eigenvalue weighted by molar-refractivity contribution is 0.671. The monoisotopic (exact) mass is 160 g/mol. The van der Waals surface area contributed by atoms with Crippen molar-refractivity contribution in [1.82, 2.24) is 0 Å². The van der Waals surface area contributed by atoms with Crippen LogP contribution in [0.15, 0.2) is 36.9 Å². The molecule has 0 saturated carbocycles. The zero-order valence-corrected chi connectivity index (χ0v) is 8.09. The minimum Gasteiger partial charge on any atom is -0.102 e. The van der Waals surface area contributed by atoms with Gasteiger partial charge in [0, 0.05) is 5.41 Å². The first-order valence-corrected chi connectivity index (χ1v) is 4.27. The van der Waals surface area contributed by atoms with E-state index in [-0.39, 0.29) is 5.41 Å². The van der Waals surface area contributed by atoms with Crippen LogP contribution in [0.5, 0.6) is 0 Å². The molecule has 1 rings (SSSR count). The van der Waals surface area contributed by atoms with Crippen LogP contribution in [-0.2, 0) is 5.41 Å². The lowest BCUT2D eigenvalue weighted by Crippen LogP contribution is -2.12. The molecule has 0 atom stereocenters. The van der Waals surface area contributed by atoms with Crippen LogP contribution in [-0.4, -0.2) is 0 Å². The van der Waals surface area contributed by atoms with Gasteiger partial charge >= 0.3 is 0 Å². The molecule has 0 radical (unpaired) electrons. The summed E-state index contributed by atoms with van der Waals surface area (Å²) in [7, 11) is 0. The van der Waals surface area contributed by atoms with E-state index in [1.54, 1.807) is 0 Å². The van der Waals surface area contributed by atoms with Crippen molar-refractivity contribution in [3.8, 4) is 0 Å². The third kappa shape index (κ3) is 1.76. The first-order valence-electron chi connectivity index (χ1n) is 4.27. The summed E-state index contributed by atoms with van der Waals surface area (Å²) in [5.74, 6) is 0. The lowest BCUT2D eigenvalue weighted by atomic mass is 9.84. The maximum Gasteiger partial charge on any atom is 0.00727 e. The van der Waals surface area contributed by atoms with Crippen molar-refractivity contribution in [1.29, 1.82) is 0 Å². The Morgan fingerprint density at radius 1 is 1.33 bits per heavy atom. The second-order valence-electron chi connectivity index (χ2n) is 3.80. The van der Waals surface area contributed by atoms with Crippen molar-refractivity contribution in [3.63, 3.8) is 0 Å². The van der Waals surface area contributed by atoms with Gasteiger partial charge in [0.05, 0.1) is 0 Å². The van der Waals surface area contributed by atoms with E-state index in [2.05, 4.69) is 51.6 Å². The summed E-state index contributed by atoms with van der Waals surface area (Å²) >= 11 is 0. The fourth-order valence-electron chi connectivity index (χ4n) is 1.16. The summed E-state index contributed by atoms with van der Waals surface area (Å²) in [6.07, 6.45) is 1.99. The van der Waals surface area contributed by atoms with Gasteiger partial charge < -0.3 is 0 Å². The van der Waals surface area contributed by atoms with Gasteiger partial charge in [-0.1, -0.05) is 49.8 Å².